The Hall–Kier alpha value is -1.55. The lowest BCUT2D eigenvalue weighted by atomic mass is 10.3. The highest BCUT2D eigenvalue weighted by Gasteiger charge is 2.15. The first-order valence-corrected chi connectivity index (χ1v) is 5.10. The predicted molar refractivity (Wildman–Crippen MR) is 57.0 cm³/mol. The summed E-state index contributed by atoms with van der Waals surface area (Å²) in [5.74, 6) is 1.00. The van der Waals surface area contributed by atoms with Crippen molar-refractivity contribution in [3.63, 3.8) is 0 Å². The Kier molecular flexibility index (Phi) is 2.07. The molecule has 3 heterocycles. The molecule has 4 heteroatoms. The zero-order chi connectivity index (χ0) is 10.1. The molecular formula is C11H12N2O2. The number of hydrogen-bond acceptors (Lipinski definition) is 4. The minimum atomic E-state index is 0.774. The summed E-state index contributed by atoms with van der Waals surface area (Å²) in [4.78, 5) is 6.65. The third-order valence-electron chi connectivity index (χ3n) is 2.67. The highest BCUT2D eigenvalue weighted by molar-refractivity contribution is 5.88. The van der Waals surface area contributed by atoms with Crippen LogP contribution in [0.3, 0.4) is 0 Å². The van der Waals surface area contributed by atoms with Crippen LogP contribution in [0.25, 0.3) is 11.0 Å². The number of fused-ring (bicyclic) bond motifs is 1. The molecule has 2 aromatic rings. The van der Waals surface area contributed by atoms with Crippen molar-refractivity contribution in [3.05, 3.63) is 24.6 Å². The van der Waals surface area contributed by atoms with Crippen LogP contribution in [-0.4, -0.2) is 31.3 Å². The lowest BCUT2D eigenvalue weighted by Crippen LogP contribution is -2.36. The third kappa shape index (κ3) is 1.47. The average molecular weight is 204 g/mol. The van der Waals surface area contributed by atoms with Crippen molar-refractivity contribution < 1.29 is 9.15 Å². The summed E-state index contributed by atoms with van der Waals surface area (Å²) in [6.45, 7) is 3.35. The van der Waals surface area contributed by atoms with Crippen molar-refractivity contribution in [1.82, 2.24) is 4.98 Å². The molecule has 0 N–H and O–H groups in total. The first kappa shape index (κ1) is 8.73. The van der Waals surface area contributed by atoms with E-state index < -0.39 is 0 Å². The van der Waals surface area contributed by atoms with Crippen LogP contribution in [-0.2, 0) is 4.74 Å². The van der Waals surface area contributed by atoms with Crippen LogP contribution in [0.2, 0.25) is 0 Å². The van der Waals surface area contributed by atoms with Crippen LogP contribution in [0.5, 0.6) is 0 Å². The molecule has 78 valence electrons. The van der Waals surface area contributed by atoms with Gasteiger partial charge in [-0.1, -0.05) is 0 Å². The Bertz CT molecular complexity index is 460. The molecule has 3 rings (SSSR count). The molecule has 0 aliphatic carbocycles. The predicted octanol–water partition coefficient (Wildman–Crippen LogP) is 1.66. The van der Waals surface area contributed by atoms with E-state index in [1.807, 2.05) is 12.1 Å². The minimum absolute atomic E-state index is 0.774. The zero-order valence-electron chi connectivity index (χ0n) is 8.35. The fourth-order valence-corrected chi connectivity index (χ4v) is 1.91. The highest BCUT2D eigenvalue weighted by Crippen LogP contribution is 2.25. The van der Waals surface area contributed by atoms with E-state index >= 15 is 0 Å². The van der Waals surface area contributed by atoms with Crippen LogP contribution in [0.4, 0.5) is 5.82 Å². The molecule has 0 aromatic carbocycles. The largest absolute Gasteiger partial charge is 0.464 e. The molecule has 0 radical (unpaired) electrons. The maximum atomic E-state index is 5.35. The fraction of sp³-hybridized carbons (Fsp3) is 0.364. The smallest absolute Gasteiger partial charge is 0.139 e. The van der Waals surface area contributed by atoms with Gasteiger partial charge >= 0.3 is 0 Å². The minimum Gasteiger partial charge on any atom is -0.464 e. The van der Waals surface area contributed by atoms with E-state index in [0.717, 1.165) is 43.1 Å². The van der Waals surface area contributed by atoms with Crippen LogP contribution in [0.1, 0.15) is 0 Å². The summed E-state index contributed by atoms with van der Waals surface area (Å²) in [6, 6.07) is 3.85. The van der Waals surface area contributed by atoms with Gasteiger partial charge in [0.1, 0.15) is 11.4 Å². The van der Waals surface area contributed by atoms with Crippen LogP contribution in [0.15, 0.2) is 29.0 Å². The lowest BCUT2D eigenvalue weighted by Gasteiger charge is -2.28. The average Bonchev–Trinajstić information content (AvgIpc) is 2.78. The van der Waals surface area contributed by atoms with E-state index in [4.69, 9.17) is 9.15 Å². The molecule has 0 unspecified atom stereocenters. The fourth-order valence-electron chi connectivity index (χ4n) is 1.91. The maximum absolute atomic E-state index is 5.35. The number of nitrogens with zero attached hydrogens (tertiary/aromatic N) is 2. The Labute approximate surface area is 87.5 Å². The van der Waals surface area contributed by atoms with Crippen molar-refractivity contribution in [2.75, 3.05) is 31.2 Å². The summed E-state index contributed by atoms with van der Waals surface area (Å²) in [7, 11) is 0. The molecule has 0 amide bonds. The number of aromatic nitrogens is 1. The number of morpholine rings is 1. The summed E-state index contributed by atoms with van der Waals surface area (Å²) < 4.78 is 10.7. The Balaban J connectivity index is 2.05. The molecule has 0 spiro atoms. The molecule has 0 bridgehead atoms. The van der Waals surface area contributed by atoms with Gasteiger partial charge in [0.25, 0.3) is 0 Å². The van der Waals surface area contributed by atoms with Gasteiger partial charge in [-0.05, 0) is 12.1 Å². The van der Waals surface area contributed by atoms with Crippen molar-refractivity contribution in [2.45, 2.75) is 0 Å². The van der Waals surface area contributed by atoms with Crippen molar-refractivity contribution >= 4 is 16.8 Å². The van der Waals surface area contributed by atoms with Gasteiger partial charge in [0.2, 0.25) is 0 Å². The lowest BCUT2D eigenvalue weighted by molar-refractivity contribution is 0.122. The molecule has 4 nitrogen and oxygen atoms in total. The molecule has 1 aliphatic heterocycles. The number of rotatable bonds is 1. The van der Waals surface area contributed by atoms with Gasteiger partial charge in [-0.25, -0.2) is 4.98 Å². The van der Waals surface area contributed by atoms with Gasteiger partial charge in [0, 0.05) is 19.3 Å². The van der Waals surface area contributed by atoms with Crippen LogP contribution < -0.4 is 4.90 Å². The van der Waals surface area contributed by atoms with Gasteiger partial charge in [0.05, 0.1) is 24.9 Å². The molecule has 1 aliphatic rings. The Morgan fingerprint density at radius 3 is 2.93 bits per heavy atom. The molecular weight excluding hydrogens is 192 g/mol. The van der Waals surface area contributed by atoms with E-state index in [2.05, 4.69) is 9.88 Å². The van der Waals surface area contributed by atoms with E-state index in [-0.39, 0.29) is 0 Å². The highest BCUT2D eigenvalue weighted by atomic mass is 16.5. The van der Waals surface area contributed by atoms with Crippen LogP contribution in [0, 0.1) is 0 Å². The SMILES string of the molecule is c1cc2occc2c(N2CCOCC2)n1. The number of ether oxygens (including phenoxy) is 1. The second-order valence-electron chi connectivity index (χ2n) is 3.57. The maximum Gasteiger partial charge on any atom is 0.139 e. The molecule has 15 heavy (non-hydrogen) atoms. The summed E-state index contributed by atoms with van der Waals surface area (Å²) >= 11 is 0. The topological polar surface area (TPSA) is 38.5 Å². The first-order chi connectivity index (χ1) is 7.45. The van der Waals surface area contributed by atoms with Crippen molar-refractivity contribution in [3.8, 4) is 0 Å². The molecule has 1 saturated heterocycles. The molecule has 0 atom stereocenters. The summed E-state index contributed by atoms with van der Waals surface area (Å²) in [6.07, 6.45) is 3.49. The summed E-state index contributed by atoms with van der Waals surface area (Å²) in [5, 5.41) is 1.08. The van der Waals surface area contributed by atoms with Gasteiger partial charge in [0.15, 0.2) is 0 Å². The second-order valence-corrected chi connectivity index (χ2v) is 3.57. The number of anilines is 1. The number of hydrogen-bond donors (Lipinski definition) is 0. The van der Waals surface area contributed by atoms with E-state index in [1.165, 1.54) is 0 Å². The van der Waals surface area contributed by atoms with Crippen LogP contribution >= 0.6 is 0 Å². The third-order valence-corrected chi connectivity index (χ3v) is 2.67. The van der Waals surface area contributed by atoms with Gasteiger partial charge < -0.3 is 14.1 Å². The zero-order valence-corrected chi connectivity index (χ0v) is 8.35. The second kappa shape index (κ2) is 3.55. The monoisotopic (exact) mass is 204 g/mol. The number of pyridine rings is 1. The van der Waals surface area contributed by atoms with E-state index in [9.17, 15) is 0 Å². The molecule has 1 fully saturated rings. The Morgan fingerprint density at radius 2 is 2.07 bits per heavy atom. The van der Waals surface area contributed by atoms with Gasteiger partial charge in [-0.3, -0.25) is 0 Å². The van der Waals surface area contributed by atoms with Gasteiger partial charge in [-0.2, -0.15) is 0 Å². The summed E-state index contributed by atoms with van der Waals surface area (Å²) in [5.41, 5.74) is 0.895. The van der Waals surface area contributed by atoms with E-state index in [0.29, 0.717) is 0 Å². The van der Waals surface area contributed by atoms with Crippen molar-refractivity contribution in [2.24, 2.45) is 0 Å². The molecule has 2 aromatic heterocycles. The van der Waals surface area contributed by atoms with E-state index in [1.54, 1.807) is 12.5 Å². The Morgan fingerprint density at radius 1 is 1.20 bits per heavy atom. The standard InChI is InChI=1S/C11H12N2O2/c1-3-12-11(9-2-6-15-10(1)9)13-4-7-14-8-5-13/h1-3,6H,4-5,7-8H2. The molecule has 0 saturated carbocycles. The quantitative estimate of drug-likeness (QED) is 0.708. The van der Waals surface area contributed by atoms with Gasteiger partial charge in [-0.15, -0.1) is 0 Å². The first-order valence-electron chi connectivity index (χ1n) is 5.10. The number of furan rings is 1. The normalized spacial score (nSPS) is 17.2. The van der Waals surface area contributed by atoms with Crippen molar-refractivity contribution in [1.29, 1.82) is 0 Å².